The van der Waals surface area contributed by atoms with E-state index in [1.165, 1.54) is 5.56 Å². The number of methoxy groups -OCH3 is 1. The van der Waals surface area contributed by atoms with Crippen molar-refractivity contribution in [3.05, 3.63) is 65.7 Å². The molecule has 1 saturated heterocycles. The minimum Gasteiger partial charge on any atom is -0.497 e. The second kappa shape index (κ2) is 12.0. The van der Waals surface area contributed by atoms with E-state index >= 15 is 0 Å². The van der Waals surface area contributed by atoms with Gasteiger partial charge in [-0.15, -0.1) is 0 Å². The quantitative estimate of drug-likeness (QED) is 0.645. The van der Waals surface area contributed by atoms with Gasteiger partial charge in [-0.1, -0.05) is 42.5 Å². The lowest BCUT2D eigenvalue weighted by Gasteiger charge is -2.32. The molecule has 2 aromatic rings. The van der Waals surface area contributed by atoms with E-state index in [0.717, 1.165) is 50.1 Å². The van der Waals surface area contributed by atoms with Crippen LogP contribution >= 0.6 is 0 Å². The number of carbonyl (C=O) groups excluding carboxylic acids is 2. The van der Waals surface area contributed by atoms with Gasteiger partial charge in [0.15, 0.2) is 0 Å². The monoisotopic (exact) mass is 423 g/mol. The summed E-state index contributed by atoms with van der Waals surface area (Å²) in [4.78, 5) is 26.7. The lowest BCUT2D eigenvalue weighted by Crippen LogP contribution is -2.46. The Morgan fingerprint density at radius 3 is 2.68 bits per heavy atom. The fraction of sp³-hybridized carbons (Fsp3) is 0.440. The first-order valence-corrected chi connectivity index (χ1v) is 11.1. The normalized spacial score (nSPS) is 15.9. The molecule has 0 bridgehead atoms. The fourth-order valence-electron chi connectivity index (χ4n) is 3.96. The number of nitrogens with one attached hydrogen (secondary N) is 2. The number of urea groups is 1. The van der Waals surface area contributed by atoms with Crippen LogP contribution in [0, 0.1) is 5.92 Å². The molecule has 1 aliphatic rings. The van der Waals surface area contributed by atoms with Gasteiger partial charge in [-0.25, -0.2) is 4.79 Å². The molecule has 0 aromatic heterocycles. The zero-order valence-corrected chi connectivity index (χ0v) is 18.3. The van der Waals surface area contributed by atoms with Crippen LogP contribution in [0.4, 0.5) is 4.79 Å². The van der Waals surface area contributed by atoms with Crippen molar-refractivity contribution < 1.29 is 14.3 Å². The molecular formula is C25H33N3O3. The van der Waals surface area contributed by atoms with Gasteiger partial charge in [0.1, 0.15) is 5.75 Å². The third-order valence-corrected chi connectivity index (χ3v) is 5.74. The van der Waals surface area contributed by atoms with Crippen molar-refractivity contribution in [1.29, 1.82) is 0 Å². The van der Waals surface area contributed by atoms with Crippen LogP contribution in [-0.2, 0) is 17.8 Å². The molecule has 0 spiro atoms. The van der Waals surface area contributed by atoms with E-state index in [1.807, 2.05) is 47.4 Å². The third-order valence-electron chi connectivity index (χ3n) is 5.74. The summed E-state index contributed by atoms with van der Waals surface area (Å²) in [5.41, 5.74) is 2.24. The molecule has 2 aromatic carbocycles. The molecule has 2 N–H and O–H groups in total. The molecular weight excluding hydrogens is 390 g/mol. The number of carbonyl (C=O) groups is 2. The van der Waals surface area contributed by atoms with E-state index in [9.17, 15) is 9.59 Å². The maximum atomic E-state index is 12.5. The molecule has 166 valence electrons. The van der Waals surface area contributed by atoms with Crippen LogP contribution in [0.15, 0.2) is 54.6 Å². The summed E-state index contributed by atoms with van der Waals surface area (Å²) in [6.07, 6.45) is 4.17. The number of hydrogen-bond donors (Lipinski definition) is 2. The van der Waals surface area contributed by atoms with E-state index in [2.05, 4.69) is 22.8 Å². The molecule has 3 amide bonds. The molecule has 0 radical (unpaired) electrons. The van der Waals surface area contributed by atoms with Gasteiger partial charge in [0, 0.05) is 32.6 Å². The van der Waals surface area contributed by atoms with Crippen LogP contribution in [0.3, 0.4) is 0 Å². The average Bonchev–Trinajstić information content (AvgIpc) is 2.82. The largest absolute Gasteiger partial charge is 0.497 e. The predicted octanol–water partition coefficient (Wildman–Crippen LogP) is 3.76. The number of piperidine rings is 1. The van der Waals surface area contributed by atoms with Gasteiger partial charge in [-0.3, -0.25) is 4.79 Å². The molecule has 6 heteroatoms. The number of nitrogens with zero attached hydrogens (tertiary/aromatic N) is 1. The van der Waals surface area contributed by atoms with Crippen LogP contribution in [0.25, 0.3) is 0 Å². The van der Waals surface area contributed by atoms with Crippen molar-refractivity contribution in [2.24, 2.45) is 5.92 Å². The van der Waals surface area contributed by atoms with E-state index in [-0.39, 0.29) is 11.9 Å². The van der Waals surface area contributed by atoms with E-state index in [4.69, 9.17) is 4.74 Å². The van der Waals surface area contributed by atoms with E-state index in [1.54, 1.807) is 7.11 Å². The molecule has 1 heterocycles. The maximum absolute atomic E-state index is 12.5. The molecule has 0 aliphatic carbocycles. The van der Waals surface area contributed by atoms with Crippen molar-refractivity contribution in [3.63, 3.8) is 0 Å². The van der Waals surface area contributed by atoms with Gasteiger partial charge in [0.2, 0.25) is 5.91 Å². The molecule has 0 saturated carbocycles. The lowest BCUT2D eigenvalue weighted by molar-refractivity contribution is -0.121. The Morgan fingerprint density at radius 2 is 1.87 bits per heavy atom. The molecule has 1 aliphatic heterocycles. The van der Waals surface area contributed by atoms with Crippen molar-refractivity contribution in [2.75, 3.05) is 26.7 Å². The molecule has 1 atom stereocenters. The first-order chi connectivity index (χ1) is 15.1. The van der Waals surface area contributed by atoms with Crippen LogP contribution < -0.4 is 15.4 Å². The van der Waals surface area contributed by atoms with Crippen LogP contribution in [-0.4, -0.2) is 43.6 Å². The van der Waals surface area contributed by atoms with Crippen molar-refractivity contribution in [1.82, 2.24) is 15.5 Å². The van der Waals surface area contributed by atoms with Gasteiger partial charge in [-0.05, 0) is 54.9 Å². The number of benzene rings is 2. The topological polar surface area (TPSA) is 70.7 Å². The SMILES string of the molecule is COc1cccc(CNC(=O)CC[C@H]2CCCN(C(=O)NCCc3ccccc3)C2)c1. The second-order valence-corrected chi connectivity index (χ2v) is 8.09. The summed E-state index contributed by atoms with van der Waals surface area (Å²) >= 11 is 0. The summed E-state index contributed by atoms with van der Waals surface area (Å²) in [5, 5.41) is 6.01. The first kappa shape index (κ1) is 22.7. The maximum Gasteiger partial charge on any atom is 0.317 e. The molecule has 3 rings (SSSR count). The zero-order chi connectivity index (χ0) is 21.9. The third kappa shape index (κ3) is 7.63. The van der Waals surface area contributed by atoms with Crippen LogP contribution in [0.5, 0.6) is 5.75 Å². The summed E-state index contributed by atoms with van der Waals surface area (Å²) < 4.78 is 5.21. The highest BCUT2D eigenvalue weighted by atomic mass is 16.5. The van der Waals surface area contributed by atoms with Gasteiger partial charge in [0.25, 0.3) is 0 Å². The Labute approximate surface area is 185 Å². The van der Waals surface area contributed by atoms with Crippen molar-refractivity contribution in [2.45, 2.75) is 38.6 Å². The molecule has 6 nitrogen and oxygen atoms in total. The zero-order valence-electron chi connectivity index (χ0n) is 18.3. The molecule has 31 heavy (non-hydrogen) atoms. The minimum absolute atomic E-state index is 0.00288. The summed E-state index contributed by atoms with van der Waals surface area (Å²) in [7, 11) is 1.63. The lowest BCUT2D eigenvalue weighted by atomic mass is 9.93. The van der Waals surface area contributed by atoms with Crippen molar-refractivity contribution >= 4 is 11.9 Å². The van der Waals surface area contributed by atoms with Gasteiger partial charge in [0.05, 0.1) is 7.11 Å². The van der Waals surface area contributed by atoms with Crippen LogP contribution in [0.2, 0.25) is 0 Å². The summed E-state index contributed by atoms with van der Waals surface area (Å²) in [6, 6.07) is 17.9. The van der Waals surface area contributed by atoms with Crippen molar-refractivity contribution in [3.8, 4) is 5.75 Å². The predicted molar refractivity (Wildman–Crippen MR) is 122 cm³/mol. The Kier molecular flexibility index (Phi) is 8.76. The van der Waals surface area contributed by atoms with E-state index in [0.29, 0.717) is 25.4 Å². The Bertz CT molecular complexity index is 841. The Balaban J connectivity index is 1.34. The number of amides is 3. The highest BCUT2D eigenvalue weighted by Gasteiger charge is 2.23. The minimum atomic E-state index is 0.00288. The Morgan fingerprint density at radius 1 is 1.06 bits per heavy atom. The summed E-state index contributed by atoms with van der Waals surface area (Å²) in [6.45, 7) is 2.64. The molecule has 1 fully saturated rings. The highest BCUT2D eigenvalue weighted by Crippen LogP contribution is 2.21. The molecule has 0 unspecified atom stereocenters. The average molecular weight is 424 g/mol. The highest BCUT2D eigenvalue weighted by molar-refractivity contribution is 5.76. The first-order valence-electron chi connectivity index (χ1n) is 11.1. The second-order valence-electron chi connectivity index (χ2n) is 8.09. The van der Waals surface area contributed by atoms with Crippen LogP contribution in [0.1, 0.15) is 36.8 Å². The van der Waals surface area contributed by atoms with Gasteiger partial charge in [-0.2, -0.15) is 0 Å². The summed E-state index contributed by atoms with van der Waals surface area (Å²) in [5.74, 6) is 1.21. The standard InChI is InChI=1S/C25H33N3O3/c1-31-23-11-5-9-22(17-23)18-27-24(29)13-12-21-10-6-16-28(19-21)25(30)26-15-14-20-7-3-2-4-8-20/h2-5,7-9,11,17,21H,6,10,12-16,18-19H2,1H3,(H,26,30)(H,27,29)/t21-/m1/s1. The van der Waals surface area contributed by atoms with E-state index < -0.39 is 0 Å². The smallest absolute Gasteiger partial charge is 0.317 e. The van der Waals surface area contributed by atoms with Gasteiger partial charge >= 0.3 is 6.03 Å². The fourth-order valence-corrected chi connectivity index (χ4v) is 3.96. The number of likely N-dealkylation sites (tertiary alicyclic amines) is 1. The number of ether oxygens (including phenoxy) is 1. The Hall–Kier alpha value is -3.02. The number of rotatable bonds is 9. The number of hydrogen-bond acceptors (Lipinski definition) is 3. The van der Waals surface area contributed by atoms with Gasteiger partial charge < -0.3 is 20.3 Å².